The molecule has 0 aromatic heterocycles. The second-order valence-corrected chi connectivity index (χ2v) is 8.29. The van der Waals surface area contributed by atoms with Crippen molar-refractivity contribution >= 4 is 27.3 Å². The van der Waals surface area contributed by atoms with Crippen LogP contribution in [0.15, 0.2) is 42.5 Å². The maximum Gasteiger partial charge on any atom is 0.232 e. The number of sulfonamides is 1. The van der Waals surface area contributed by atoms with E-state index >= 15 is 0 Å². The molecule has 0 aliphatic carbocycles. The van der Waals surface area contributed by atoms with E-state index in [4.69, 9.17) is 0 Å². The molecule has 0 atom stereocenters. The number of hydrogen-bond acceptors (Lipinski definition) is 3. The van der Waals surface area contributed by atoms with Crippen LogP contribution in [0.4, 0.5) is 11.4 Å². The van der Waals surface area contributed by atoms with Gasteiger partial charge in [0.1, 0.15) is 0 Å². The zero-order chi connectivity index (χ0) is 19.3. The maximum absolute atomic E-state index is 12.4. The second kappa shape index (κ2) is 8.36. The molecule has 2 rings (SSSR count). The Balaban J connectivity index is 2.17. The number of hydrogen-bond donors (Lipinski definition) is 1. The Hall–Kier alpha value is -2.34. The lowest BCUT2D eigenvalue weighted by Crippen LogP contribution is -2.34. The Labute approximate surface area is 156 Å². The van der Waals surface area contributed by atoms with Crippen LogP contribution in [-0.4, -0.2) is 27.1 Å². The van der Waals surface area contributed by atoms with Gasteiger partial charge in [-0.05, 0) is 43.0 Å². The standard InChI is InChI=1S/C20H26N2O3S/c1-5-17-11-6-7-12-18(17)21-19(23)13-14-22(26(4,24)25)20-15(2)9-8-10-16(20)3/h6-12H,5,13-14H2,1-4H3,(H,21,23). The molecule has 0 bridgehead atoms. The summed E-state index contributed by atoms with van der Waals surface area (Å²) < 4.78 is 25.9. The molecule has 0 saturated carbocycles. The molecule has 0 spiro atoms. The predicted molar refractivity (Wildman–Crippen MR) is 107 cm³/mol. The van der Waals surface area contributed by atoms with Crippen LogP contribution in [0.2, 0.25) is 0 Å². The van der Waals surface area contributed by atoms with Crippen LogP contribution in [0.25, 0.3) is 0 Å². The number of benzene rings is 2. The fraction of sp³-hybridized carbons (Fsp3) is 0.350. The quantitative estimate of drug-likeness (QED) is 0.804. The van der Waals surface area contributed by atoms with Crippen molar-refractivity contribution in [3.05, 3.63) is 59.2 Å². The average Bonchev–Trinajstić information content (AvgIpc) is 2.56. The Morgan fingerprint density at radius 2 is 1.65 bits per heavy atom. The highest BCUT2D eigenvalue weighted by Gasteiger charge is 2.22. The fourth-order valence-electron chi connectivity index (χ4n) is 3.01. The summed E-state index contributed by atoms with van der Waals surface area (Å²) >= 11 is 0. The number of para-hydroxylation sites is 2. The molecule has 0 unspecified atom stereocenters. The number of carbonyl (C=O) groups excluding carboxylic acids is 1. The number of nitrogens with one attached hydrogen (secondary N) is 1. The lowest BCUT2D eigenvalue weighted by Gasteiger charge is -2.25. The maximum atomic E-state index is 12.4. The smallest absolute Gasteiger partial charge is 0.232 e. The van der Waals surface area contributed by atoms with Crippen molar-refractivity contribution in [2.45, 2.75) is 33.6 Å². The van der Waals surface area contributed by atoms with Gasteiger partial charge < -0.3 is 5.32 Å². The van der Waals surface area contributed by atoms with Crippen LogP contribution in [0.5, 0.6) is 0 Å². The normalized spacial score (nSPS) is 11.2. The van der Waals surface area contributed by atoms with Crippen LogP contribution in [0.1, 0.15) is 30.0 Å². The molecular weight excluding hydrogens is 348 g/mol. The van der Waals surface area contributed by atoms with Gasteiger partial charge in [0.15, 0.2) is 0 Å². The molecule has 0 saturated heterocycles. The third kappa shape index (κ3) is 4.85. The van der Waals surface area contributed by atoms with Crippen molar-refractivity contribution in [3.63, 3.8) is 0 Å². The summed E-state index contributed by atoms with van der Waals surface area (Å²) in [5, 5.41) is 2.89. The van der Waals surface area contributed by atoms with Crippen molar-refractivity contribution < 1.29 is 13.2 Å². The molecule has 26 heavy (non-hydrogen) atoms. The molecule has 2 aromatic carbocycles. The van der Waals surface area contributed by atoms with E-state index in [1.54, 1.807) is 0 Å². The zero-order valence-electron chi connectivity index (χ0n) is 15.7. The fourth-order valence-corrected chi connectivity index (χ4v) is 4.05. The van der Waals surface area contributed by atoms with Gasteiger partial charge in [0, 0.05) is 18.7 Å². The largest absolute Gasteiger partial charge is 0.326 e. The lowest BCUT2D eigenvalue weighted by atomic mass is 10.1. The first kappa shape index (κ1) is 20.0. The topological polar surface area (TPSA) is 66.5 Å². The molecule has 0 heterocycles. The summed E-state index contributed by atoms with van der Waals surface area (Å²) in [6.45, 7) is 5.87. The van der Waals surface area contributed by atoms with Crippen molar-refractivity contribution in [2.75, 3.05) is 22.4 Å². The third-order valence-electron chi connectivity index (χ3n) is 4.30. The first-order valence-electron chi connectivity index (χ1n) is 8.65. The molecule has 2 aromatic rings. The number of nitrogens with zero attached hydrogens (tertiary/aromatic N) is 1. The van der Waals surface area contributed by atoms with E-state index in [0.717, 1.165) is 28.8 Å². The van der Waals surface area contributed by atoms with E-state index in [1.165, 1.54) is 10.6 Å². The summed E-state index contributed by atoms with van der Waals surface area (Å²) in [5.41, 5.74) is 4.21. The van der Waals surface area contributed by atoms with Crippen molar-refractivity contribution in [1.82, 2.24) is 0 Å². The van der Waals surface area contributed by atoms with Crippen molar-refractivity contribution in [1.29, 1.82) is 0 Å². The van der Waals surface area contributed by atoms with E-state index in [0.29, 0.717) is 5.69 Å². The van der Waals surface area contributed by atoms with Crippen molar-refractivity contribution in [2.24, 2.45) is 0 Å². The Kier molecular flexibility index (Phi) is 6.42. The molecular formula is C20H26N2O3S. The molecule has 5 nitrogen and oxygen atoms in total. The van der Waals surface area contributed by atoms with Gasteiger partial charge in [0.25, 0.3) is 0 Å². The van der Waals surface area contributed by atoms with Gasteiger partial charge in [0.05, 0.1) is 11.9 Å². The summed E-state index contributed by atoms with van der Waals surface area (Å²) in [5.74, 6) is -0.203. The molecule has 0 aliphatic heterocycles. The number of anilines is 2. The highest BCUT2D eigenvalue weighted by molar-refractivity contribution is 7.92. The Morgan fingerprint density at radius 1 is 1.04 bits per heavy atom. The van der Waals surface area contributed by atoms with Crippen LogP contribution in [-0.2, 0) is 21.2 Å². The molecule has 0 fully saturated rings. The SMILES string of the molecule is CCc1ccccc1NC(=O)CCN(c1c(C)cccc1C)S(C)(=O)=O. The summed E-state index contributed by atoms with van der Waals surface area (Å²) in [4.78, 5) is 12.4. The first-order chi connectivity index (χ1) is 12.2. The molecule has 140 valence electrons. The first-order valence-corrected chi connectivity index (χ1v) is 10.5. The second-order valence-electron chi connectivity index (χ2n) is 6.38. The van der Waals surface area contributed by atoms with Gasteiger partial charge in [-0.3, -0.25) is 9.10 Å². The predicted octanol–water partition coefficient (Wildman–Crippen LogP) is 3.66. The van der Waals surface area contributed by atoms with Crippen LogP contribution < -0.4 is 9.62 Å². The number of amides is 1. The monoisotopic (exact) mass is 374 g/mol. The Morgan fingerprint density at radius 3 is 2.23 bits per heavy atom. The van der Waals surface area contributed by atoms with Gasteiger partial charge in [-0.1, -0.05) is 43.3 Å². The van der Waals surface area contributed by atoms with E-state index in [-0.39, 0.29) is 18.9 Å². The van der Waals surface area contributed by atoms with Gasteiger partial charge in [0.2, 0.25) is 15.9 Å². The molecule has 6 heteroatoms. The number of aryl methyl sites for hydroxylation is 3. The van der Waals surface area contributed by atoms with Crippen molar-refractivity contribution in [3.8, 4) is 0 Å². The van der Waals surface area contributed by atoms with Gasteiger partial charge in [-0.25, -0.2) is 8.42 Å². The highest BCUT2D eigenvalue weighted by Crippen LogP contribution is 2.27. The highest BCUT2D eigenvalue weighted by atomic mass is 32.2. The number of rotatable bonds is 7. The Bertz CT molecular complexity index is 871. The number of carbonyl (C=O) groups is 1. The molecule has 1 amide bonds. The minimum Gasteiger partial charge on any atom is -0.326 e. The summed E-state index contributed by atoms with van der Waals surface area (Å²) in [6, 6.07) is 13.3. The summed E-state index contributed by atoms with van der Waals surface area (Å²) in [7, 11) is -3.49. The van der Waals surface area contributed by atoms with Gasteiger partial charge in [-0.2, -0.15) is 0 Å². The molecule has 0 aliphatic rings. The van der Waals surface area contributed by atoms with Gasteiger partial charge in [-0.15, -0.1) is 0 Å². The van der Waals surface area contributed by atoms with Gasteiger partial charge >= 0.3 is 0 Å². The summed E-state index contributed by atoms with van der Waals surface area (Å²) in [6.07, 6.45) is 2.07. The van der Waals surface area contributed by atoms with E-state index in [2.05, 4.69) is 5.32 Å². The zero-order valence-corrected chi connectivity index (χ0v) is 16.6. The van der Waals surface area contributed by atoms with E-state index < -0.39 is 10.0 Å². The minimum atomic E-state index is -3.49. The molecule has 0 radical (unpaired) electrons. The molecule has 1 N–H and O–H groups in total. The lowest BCUT2D eigenvalue weighted by molar-refractivity contribution is -0.116. The van der Waals surface area contributed by atoms with Crippen LogP contribution >= 0.6 is 0 Å². The van der Waals surface area contributed by atoms with E-state index in [1.807, 2.05) is 63.2 Å². The minimum absolute atomic E-state index is 0.0822. The average molecular weight is 375 g/mol. The van der Waals surface area contributed by atoms with E-state index in [9.17, 15) is 13.2 Å². The third-order valence-corrected chi connectivity index (χ3v) is 5.47. The van der Waals surface area contributed by atoms with Crippen LogP contribution in [0.3, 0.4) is 0 Å². The van der Waals surface area contributed by atoms with Crippen LogP contribution in [0, 0.1) is 13.8 Å².